The lowest BCUT2D eigenvalue weighted by molar-refractivity contribution is -0.120. The van der Waals surface area contributed by atoms with Crippen LogP contribution >= 0.6 is 0 Å². The molecule has 0 aliphatic carbocycles. The van der Waals surface area contributed by atoms with Crippen LogP contribution < -0.4 is 14.8 Å². The van der Waals surface area contributed by atoms with Crippen molar-refractivity contribution in [3.63, 3.8) is 0 Å². The molecule has 0 heterocycles. The number of hydrogen-bond donors (Lipinski definition) is 1. The van der Waals surface area contributed by atoms with Crippen LogP contribution in [0.1, 0.15) is 31.7 Å². The minimum Gasteiger partial charge on any atom is -0.497 e. The molecule has 0 unspecified atom stereocenters. The highest BCUT2D eigenvalue weighted by Crippen LogP contribution is 2.25. The summed E-state index contributed by atoms with van der Waals surface area (Å²) in [6.07, 6.45) is 1.89. The van der Waals surface area contributed by atoms with Gasteiger partial charge in [0.15, 0.2) is 0 Å². The van der Waals surface area contributed by atoms with E-state index in [9.17, 15) is 4.79 Å². The number of ether oxygens (including phenoxy) is 2. The normalized spacial score (nSPS) is 9.65. The van der Waals surface area contributed by atoms with E-state index in [-0.39, 0.29) is 12.3 Å². The molecule has 0 saturated heterocycles. The zero-order valence-electron chi connectivity index (χ0n) is 11.9. The second kappa shape index (κ2) is 8.81. The van der Waals surface area contributed by atoms with E-state index in [1.54, 1.807) is 13.2 Å². The molecule has 0 aliphatic heterocycles. The third-order valence-electron chi connectivity index (χ3n) is 2.75. The van der Waals surface area contributed by atoms with Crippen LogP contribution in [-0.2, 0) is 11.3 Å². The maximum Gasteiger partial charge on any atom is 0.234 e. The van der Waals surface area contributed by atoms with Crippen LogP contribution in [0.15, 0.2) is 18.2 Å². The fourth-order valence-corrected chi connectivity index (χ4v) is 1.60. The highest BCUT2D eigenvalue weighted by atomic mass is 16.5. The number of unbranched alkanes of at least 4 members (excludes halogenated alkanes) is 1. The Kier molecular flexibility index (Phi) is 6.97. The lowest BCUT2D eigenvalue weighted by Gasteiger charge is -2.13. The van der Waals surface area contributed by atoms with E-state index >= 15 is 0 Å². The fourth-order valence-electron chi connectivity index (χ4n) is 1.60. The Bertz CT molecular complexity index is 480. The molecule has 1 amide bonds. The van der Waals surface area contributed by atoms with Gasteiger partial charge in [-0.15, -0.1) is 0 Å². The van der Waals surface area contributed by atoms with Gasteiger partial charge < -0.3 is 14.8 Å². The van der Waals surface area contributed by atoms with E-state index < -0.39 is 0 Å². The topological polar surface area (TPSA) is 71.3 Å². The number of nitriles is 1. The second-order valence-electron chi connectivity index (χ2n) is 4.29. The molecular formula is C15H20N2O3. The quantitative estimate of drug-likeness (QED) is 0.740. The van der Waals surface area contributed by atoms with Gasteiger partial charge in [0.1, 0.15) is 17.9 Å². The first-order valence-electron chi connectivity index (χ1n) is 6.64. The van der Waals surface area contributed by atoms with Crippen molar-refractivity contribution in [1.29, 1.82) is 5.26 Å². The summed E-state index contributed by atoms with van der Waals surface area (Å²) in [7, 11) is 1.60. The molecule has 0 spiro atoms. The first-order chi connectivity index (χ1) is 9.71. The summed E-state index contributed by atoms with van der Waals surface area (Å²) in [5.74, 6) is 1.13. The number of carbonyl (C=O) groups is 1. The highest BCUT2D eigenvalue weighted by Gasteiger charge is 2.08. The molecule has 0 fully saturated rings. The van der Waals surface area contributed by atoms with Crippen molar-refractivity contribution in [2.75, 3.05) is 13.7 Å². The van der Waals surface area contributed by atoms with E-state index in [2.05, 4.69) is 12.2 Å². The van der Waals surface area contributed by atoms with E-state index in [1.165, 1.54) is 0 Å². The smallest absolute Gasteiger partial charge is 0.234 e. The molecule has 20 heavy (non-hydrogen) atoms. The average Bonchev–Trinajstić information content (AvgIpc) is 2.46. The molecule has 1 N–H and O–H groups in total. The number of methoxy groups -OCH3 is 1. The number of benzene rings is 1. The Labute approximate surface area is 119 Å². The lowest BCUT2D eigenvalue weighted by atomic mass is 10.2. The zero-order valence-corrected chi connectivity index (χ0v) is 11.9. The summed E-state index contributed by atoms with van der Waals surface area (Å²) in [5.41, 5.74) is 0.869. The Morgan fingerprint density at radius 2 is 2.25 bits per heavy atom. The molecule has 1 aromatic rings. The van der Waals surface area contributed by atoms with Crippen molar-refractivity contribution in [1.82, 2.24) is 5.32 Å². The Hall–Kier alpha value is -2.22. The molecule has 5 nitrogen and oxygen atoms in total. The molecule has 0 aliphatic rings. The van der Waals surface area contributed by atoms with Gasteiger partial charge in [-0.3, -0.25) is 4.79 Å². The number of nitrogens with zero attached hydrogens (tertiary/aromatic N) is 1. The molecule has 0 radical (unpaired) electrons. The van der Waals surface area contributed by atoms with Crippen LogP contribution in [0.3, 0.4) is 0 Å². The monoisotopic (exact) mass is 276 g/mol. The average molecular weight is 276 g/mol. The summed E-state index contributed by atoms with van der Waals surface area (Å²) in [6.45, 7) is 3.06. The van der Waals surface area contributed by atoms with Crippen molar-refractivity contribution in [3.8, 4) is 17.6 Å². The lowest BCUT2D eigenvalue weighted by Crippen LogP contribution is -2.22. The molecule has 0 atom stereocenters. The SMILES string of the molecule is CCCCOc1cc(OC)ccc1CNC(=O)CC#N. The molecule has 0 aromatic heterocycles. The van der Waals surface area contributed by atoms with Gasteiger partial charge in [-0.2, -0.15) is 5.26 Å². The Balaban J connectivity index is 2.72. The minimum atomic E-state index is -0.289. The summed E-state index contributed by atoms with van der Waals surface area (Å²) < 4.78 is 10.9. The second-order valence-corrected chi connectivity index (χ2v) is 4.29. The van der Waals surface area contributed by atoms with Gasteiger partial charge in [-0.25, -0.2) is 0 Å². The van der Waals surface area contributed by atoms with E-state index in [0.29, 0.717) is 24.7 Å². The van der Waals surface area contributed by atoms with Crippen LogP contribution in [0.4, 0.5) is 0 Å². The van der Waals surface area contributed by atoms with Crippen LogP contribution in [0.25, 0.3) is 0 Å². The van der Waals surface area contributed by atoms with Crippen molar-refractivity contribution >= 4 is 5.91 Å². The number of carbonyl (C=O) groups excluding carboxylic acids is 1. The predicted molar refractivity (Wildman–Crippen MR) is 75.5 cm³/mol. The van der Waals surface area contributed by atoms with Gasteiger partial charge in [0, 0.05) is 18.2 Å². The van der Waals surface area contributed by atoms with E-state index in [4.69, 9.17) is 14.7 Å². The van der Waals surface area contributed by atoms with Gasteiger partial charge in [-0.05, 0) is 18.6 Å². The van der Waals surface area contributed by atoms with Crippen LogP contribution in [-0.4, -0.2) is 19.6 Å². The van der Waals surface area contributed by atoms with Crippen molar-refractivity contribution in [3.05, 3.63) is 23.8 Å². The van der Waals surface area contributed by atoms with E-state index in [0.717, 1.165) is 18.4 Å². The highest BCUT2D eigenvalue weighted by molar-refractivity contribution is 5.78. The van der Waals surface area contributed by atoms with Crippen molar-refractivity contribution in [2.24, 2.45) is 0 Å². The summed E-state index contributed by atoms with van der Waals surface area (Å²) in [4.78, 5) is 11.3. The molecule has 1 aromatic carbocycles. The summed E-state index contributed by atoms with van der Waals surface area (Å²) in [5, 5.41) is 11.1. The number of amides is 1. The minimum absolute atomic E-state index is 0.137. The van der Waals surface area contributed by atoms with Gasteiger partial charge in [-0.1, -0.05) is 13.3 Å². The molecule has 1 rings (SSSR count). The molecule has 0 bridgehead atoms. The molecular weight excluding hydrogens is 256 g/mol. The molecule has 0 saturated carbocycles. The predicted octanol–water partition coefficient (Wildman–Crippen LogP) is 2.40. The van der Waals surface area contributed by atoms with Gasteiger partial charge in [0.05, 0.1) is 19.8 Å². The first kappa shape index (κ1) is 15.8. The van der Waals surface area contributed by atoms with Crippen LogP contribution in [0.5, 0.6) is 11.5 Å². The van der Waals surface area contributed by atoms with Gasteiger partial charge >= 0.3 is 0 Å². The van der Waals surface area contributed by atoms with Gasteiger partial charge in [0.2, 0.25) is 5.91 Å². The number of rotatable bonds is 8. The Morgan fingerprint density at radius 3 is 2.90 bits per heavy atom. The zero-order chi connectivity index (χ0) is 14.8. The first-order valence-corrected chi connectivity index (χ1v) is 6.64. The van der Waals surface area contributed by atoms with Crippen molar-refractivity contribution in [2.45, 2.75) is 32.7 Å². The van der Waals surface area contributed by atoms with Crippen LogP contribution in [0, 0.1) is 11.3 Å². The Morgan fingerprint density at radius 1 is 1.45 bits per heavy atom. The third-order valence-corrected chi connectivity index (χ3v) is 2.75. The van der Waals surface area contributed by atoms with Crippen molar-refractivity contribution < 1.29 is 14.3 Å². The molecule has 5 heteroatoms. The third kappa shape index (κ3) is 5.19. The summed E-state index contributed by atoms with van der Waals surface area (Å²) >= 11 is 0. The van der Waals surface area contributed by atoms with Gasteiger partial charge in [0.25, 0.3) is 0 Å². The fraction of sp³-hybridized carbons (Fsp3) is 0.467. The standard InChI is InChI=1S/C15H20N2O3/c1-3-4-9-20-14-10-13(19-2)6-5-12(14)11-17-15(18)7-8-16/h5-6,10H,3-4,7,9,11H2,1-2H3,(H,17,18). The molecule has 108 valence electrons. The maximum absolute atomic E-state index is 11.3. The largest absolute Gasteiger partial charge is 0.497 e. The van der Waals surface area contributed by atoms with E-state index in [1.807, 2.05) is 18.2 Å². The number of hydrogen-bond acceptors (Lipinski definition) is 4. The number of nitrogens with one attached hydrogen (secondary N) is 1. The summed E-state index contributed by atoms with van der Waals surface area (Å²) in [6, 6.07) is 7.29. The maximum atomic E-state index is 11.3. The van der Waals surface area contributed by atoms with Crippen LogP contribution in [0.2, 0.25) is 0 Å².